The van der Waals surface area contributed by atoms with Crippen LogP contribution in [0.3, 0.4) is 0 Å². The Morgan fingerprint density at radius 2 is 2.25 bits per heavy atom. The van der Waals surface area contributed by atoms with Crippen LogP contribution in [0, 0.1) is 12.8 Å². The van der Waals surface area contributed by atoms with Gasteiger partial charge in [-0.3, -0.25) is 4.79 Å². The fourth-order valence-corrected chi connectivity index (χ4v) is 3.29. The van der Waals surface area contributed by atoms with Crippen LogP contribution in [0.4, 0.5) is 0 Å². The van der Waals surface area contributed by atoms with Gasteiger partial charge in [-0.1, -0.05) is 5.16 Å². The van der Waals surface area contributed by atoms with E-state index in [1.807, 2.05) is 30.8 Å². The molecule has 128 valence electrons. The molecular formula is C17H22N4O3. The van der Waals surface area contributed by atoms with Gasteiger partial charge in [0.05, 0.1) is 0 Å². The van der Waals surface area contributed by atoms with E-state index in [-0.39, 0.29) is 17.9 Å². The maximum atomic E-state index is 12.4. The fourth-order valence-electron chi connectivity index (χ4n) is 3.29. The number of hydrogen-bond donors (Lipinski definition) is 1. The predicted molar refractivity (Wildman–Crippen MR) is 85.6 cm³/mol. The van der Waals surface area contributed by atoms with Crippen LogP contribution in [0.1, 0.15) is 59.1 Å². The number of hydrogen-bond acceptors (Lipinski definition) is 5. The molecule has 7 heteroatoms. The second kappa shape index (κ2) is 6.05. The molecule has 0 unspecified atom stereocenters. The standard InChI is InChI=1S/C17H22N4O3/c1-10-5-7-21(2)13(10)16(22)18-9-12-6-8-23-14(12)17-19-15(20-24-17)11-3-4-11/h5,7,11-12,14H,3-4,6,8-9H2,1-2H3,(H,18,22)/t12-,14-/m0/s1. The summed E-state index contributed by atoms with van der Waals surface area (Å²) in [6.07, 6.45) is 4.82. The molecule has 1 N–H and O–H groups in total. The smallest absolute Gasteiger partial charge is 0.268 e. The Labute approximate surface area is 140 Å². The van der Waals surface area contributed by atoms with Gasteiger partial charge in [-0.25, -0.2) is 0 Å². The molecule has 2 aromatic rings. The SMILES string of the molecule is Cc1ccn(C)c1C(=O)NC[C@@H]1CCO[C@@H]1c1nc(C2CC2)no1. The molecule has 4 rings (SSSR count). The first-order valence-electron chi connectivity index (χ1n) is 8.48. The van der Waals surface area contributed by atoms with Gasteiger partial charge in [0.25, 0.3) is 11.8 Å². The van der Waals surface area contributed by atoms with Crippen LogP contribution in [0.25, 0.3) is 0 Å². The predicted octanol–water partition coefficient (Wildman–Crippen LogP) is 2.10. The van der Waals surface area contributed by atoms with Crippen molar-refractivity contribution in [2.45, 2.75) is 38.2 Å². The molecule has 0 radical (unpaired) electrons. The van der Waals surface area contributed by atoms with Gasteiger partial charge in [-0.05, 0) is 37.8 Å². The van der Waals surface area contributed by atoms with Crippen molar-refractivity contribution in [1.82, 2.24) is 20.0 Å². The van der Waals surface area contributed by atoms with Crippen LogP contribution in [-0.2, 0) is 11.8 Å². The van der Waals surface area contributed by atoms with E-state index < -0.39 is 0 Å². The molecule has 1 aliphatic carbocycles. The lowest BCUT2D eigenvalue weighted by Gasteiger charge is -2.16. The van der Waals surface area contributed by atoms with Gasteiger partial charge in [0.1, 0.15) is 11.8 Å². The van der Waals surface area contributed by atoms with Crippen LogP contribution in [-0.4, -0.2) is 33.8 Å². The quantitative estimate of drug-likeness (QED) is 0.908. The topological polar surface area (TPSA) is 82.2 Å². The molecule has 2 fully saturated rings. The van der Waals surface area contributed by atoms with Crippen molar-refractivity contribution >= 4 is 5.91 Å². The monoisotopic (exact) mass is 330 g/mol. The fraction of sp³-hybridized carbons (Fsp3) is 0.588. The summed E-state index contributed by atoms with van der Waals surface area (Å²) in [5.74, 6) is 1.89. The highest BCUT2D eigenvalue weighted by Crippen LogP contribution is 2.40. The highest BCUT2D eigenvalue weighted by Gasteiger charge is 2.36. The Morgan fingerprint density at radius 3 is 2.96 bits per heavy atom. The summed E-state index contributed by atoms with van der Waals surface area (Å²) >= 11 is 0. The van der Waals surface area contributed by atoms with Gasteiger partial charge in [0.2, 0.25) is 0 Å². The second-order valence-corrected chi connectivity index (χ2v) is 6.77. The van der Waals surface area contributed by atoms with E-state index in [1.165, 1.54) is 0 Å². The highest BCUT2D eigenvalue weighted by molar-refractivity contribution is 5.94. The highest BCUT2D eigenvalue weighted by atomic mass is 16.5. The molecule has 1 aliphatic heterocycles. The Balaban J connectivity index is 1.40. The summed E-state index contributed by atoms with van der Waals surface area (Å²) in [7, 11) is 1.88. The van der Waals surface area contributed by atoms with E-state index in [9.17, 15) is 4.79 Å². The van der Waals surface area contributed by atoms with Crippen molar-refractivity contribution in [2.24, 2.45) is 13.0 Å². The zero-order valence-corrected chi connectivity index (χ0v) is 14.0. The first-order chi connectivity index (χ1) is 11.6. The van der Waals surface area contributed by atoms with Gasteiger partial charge in [0, 0.05) is 38.2 Å². The largest absolute Gasteiger partial charge is 0.368 e. The van der Waals surface area contributed by atoms with Gasteiger partial charge in [0.15, 0.2) is 5.82 Å². The van der Waals surface area contributed by atoms with Crippen LogP contribution >= 0.6 is 0 Å². The van der Waals surface area contributed by atoms with Crippen LogP contribution < -0.4 is 5.32 Å². The minimum Gasteiger partial charge on any atom is -0.368 e. The maximum Gasteiger partial charge on any atom is 0.268 e. The van der Waals surface area contributed by atoms with E-state index in [1.54, 1.807) is 0 Å². The van der Waals surface area contributed by atoms with E-state index >= 15 is 0 Å². The van der Waals surface area contributed by atoms with Gasteiger partial charge >= 0.3 is 0 Å². The Bertz CT molecular complexity index is 727. The Hall–Kier alpha value is -2.15. The summed E-state index contributed by atoms with van der Waals surface area (Å²) in [6, 6.07) is 1.94. The lowest BCUT2D eigenvalue weighted by atomic mass is 10.0. The van der Waals surface area contributed by atoms with Crippen molar-refractivity contribution < 1.29 is 14.1 Å². The summed E-state index contributed by atoms with van der Waals surface area (Å²) in [5.41, 5.74) is 1.67. The minimum absolute atomic E-state index is 0.0603. The molecule has 7 nitrogen and oxygen atoms in total. The van der Waals surface area contributed by atoms with E-state index in [4.69, 9.17) is 9.26 Å². The number of carbonyl (C=O) groups is 1. The molecule has 0 spiro atoms. The van der Waals surface area contributed by atoms with Crippen molar-refractivity contribution in [1.29, 1.82) is 0 Å². The number of aryl methyl sites for hydroxylation is 2. The van der Waals surface area contributed by atoms with Crippen molar-refractivity contribution in [2.75, 3.05) is 13.2 Å². The first kappa shape index (κ1) is 15.4. The molecule has 0 aromatic carbocycles. The third-order valence-corrected chi connectivity index (χ3v) is 4.87. The Kier molecular flexibility index (Phi) is 3.88. The molecule has 2 aromatic heterocycles. The van der Waals surface area contributed by atoms with E-state index in [2.05, 4.69) is 15.5 Å². The molecule has 2 atom stereocenters. The minimum atomic E-state index is -0.222. The second-order valence-electron chi connectivity index (χ2n) is 6.77. The number of rotatable bonds is 5. The third-order valence-electron chi connectivity index (χ3n) is 4.87. The van der Waals surface area contributed by atoms with Gasteiger partial charge in [-0.15, -0.1) is 0 Å². The average Bonchev–Trinajstić information content (AvgIpc) is 2.97. The lowest BCUT2D eigenvalue weighted by Crippen LogP contribution is -2.32. The number of amides is 1. The molecule has 1 amide bonds. The maximum absolute atomic E-state index is 12.4. The molecule has 3 heterocycles. The average molecular weight is 330 g/mol. The normalized spacial score (nSPS) is 23.6. The number of aromatic nitrogens is 3. The summed E-state index contributed by atoms with van der Waals surface area (Å²) in [6.45, 7) is 3.12. The number of nitrogens with one attached hydrogen (secondary N) is 1. The summed E-state index contributed by atoms with van der Waals surface area (Å²) < 4.78 is 13.0. The molecular weight excluding hydrogens is 308 g/mol. The lowest BCUT2D eigenvalue weighted by molar-refractivity contribution is 0.0612. The Morgan fingerprint density at radius 1 is 1.42 bits per heavy atom. The number of ether oxygens (including phenoxy) is 1. The van der Waals surface area contributed by atoms with Crippen LogP contribution in [0.5, 0.6) is 0 Å². The van der Waals surface area contributed by atoms with E-state index in [0.29, 0.717) is 30.7 Å². The van der Waals surface area contributed by atoms with Crippen LogP contribution in [0.15, 0.2) is 16.8 Å². The molecule has 24 heavy (non-hydrogen) atoms. The van der Waals surface area contributed by atoms with Crippen LogP contribution in [0.2, 0.25) is 0 Å². The summed E-state index contributed by atoms with van der Waals surface area (Å²) in [4.78, 5) is 16.9. The summed E-state index contributed by atoms with van der Waals surface area (Å²) in [5, 5.41) is 7.08. The number of nitrogens with zero attached hydrogens (tertiary/aromatic N) is 3. The van der Waals surface area contributed by atoms with Crippen molar-refractivity contribution in [3.05, 3.63) is 35.2 Å². The zero-order valence-electron chi connectivity index (χ0n) is 14.0. The molecule has 1 saturated heterocycles. The van der Waals surface area contributed by atoms with E-state index in [0.717, 1.165) is 30.7 Å². The zero-order chi connectivity index (χ0) is 16.7. The molecule has 2 aliphatic rings. The molecule has 0 bridgehead atoms. The van der Waals surface area contributed by atoms with Gasteiger partial charge in [-0.2, -0.15) is 4.98 Å². The third kappa shape index (κ3) is 2.84. The van der Waals surface area contributed by atoms with Gasteiger partial charge < -0.3 is 19.1 Å². The van der Waals surface area contributed by atoms with Crippen molar-refractivity contribution in [3.63, 3.8) is 0 Å². The number of carbonyl (C=O) groups excluding carboxylic acids is 1. The van der Waals surface area contributed by atoms with Crippen molar-refractivity contribution in [3.8, 4) is 0 Å². The molecule has 1 saturated carbocycles. The first-order valence-corrected chi connectivity index (χ1v) is 8.48.